The Morgan fingerprint density at radius 3 is 2.93 bits per heavy atom. The molecule has 1 N–H and O–H groups in total. The van der Waals surface area contributed by atoms with Gasteiger partial charge in [-0.25, -0.2) is 0 Å². The number of carbonyl (C=O) groups is 2. The highest BCUT2D eigenvalue weighted by Gasteiger charge is 2.16. The van der Waals surface area contributed by atoms with Crippen molar-refractivity contribution in [3.63, 3.8) is 0 Å². The summed E-state index contributed by atoms with van der Waals surface area (Å²) < 4.78 is 5.29. The predicted molar refractivity (Wildman–Crippen MR) is 51.5 cm³/mol. The van der Waals surface area contributed by atoms with Crippen molar-refractivity contribution >= 4 is 12.2 Å². The molecule has 1 aliphatic rings. The molecular weight excluding hydrogens is 182 g/mol. The van der Waals surface area contributed by atoms with Crippen molar-refractivity contribution in [1.29, 1.82) is 0 Å². The quantitative estimate of drug-likeness (QED) is 0.528. The number of rotatable bonds is 3. The number of hydrogen-bond donors (Lipinski definition) is 1. The summed E-state index contributed by atoms with van der Waals surface area (Å²) in [7, 11) is 1.52. The average molecular weight is 195 g/mol. The summed E-state index contributed by atoms with van der Waals surface area (Å²) in [5.74, 6) is 0.202. The molecule has 0 bridgehead atoms. The van der Waals surface area contributed by atoms with Crippen LogP contribution in [-0.4, -0.2) is 25.8 Å². The van der Waals surface area contributed by atoms with Gasteiger partial charge in [-0.15, -0.1) is 0 Å². The van der Waals surface area contributed by atoms with Gasteiger partial charge >= 0.3 is 0 Å². The first-order chi connectivity index (χ1) is 6.79. The molecule has 0 aromatic rings. The largest absolute Gasteiger partial charge is 0.493 e. The van der Waals surface area contributed by atoms with Crippen LogP contribution in [0.5, 0.6) is 0 Å². The van der Waals surface area contributed by atoms with E-state index in [2.05, 4.69) is 5.32 Å². The van der Waals surface area contributed by atoms with Crippen molar-refractivity contribution in [2.24, 2.45) is 0 Å². The number of allylic oxidation sites excluding steroid dienone is 2. The summed E-state index contributed by atoms with van der Waals surface area (Å²) in [6, 6.07) is 0. The Bertz CT molecular complexity index is 292. The Balaban J connectivity index is 2.87. The first-order valence-corrected chi connectivity index (χ1v) is 4.50. The molecule has 0 atom stereocenters. The maximum atomic E-state index is 11.3. The zero-order valence-corrected chi connectivity index (χ0v) is 8.08. The highest BCUT2D eigenvalue weighted by Crippen LogP contribution is 2.17. The lowest BCUT2D eigenvalue weighted by Gasteiger charge is -2.16. The number of amides is 1. The monoisotopic (exact) mass is 195 g/mol. The molecule has 0 fully saturated rings. The fourth-order valence-electron chi connectivity index (χ4n) is 1.22. The molecule has 76 valence electrons. The van der Waals surface area contributed by atoms with E-state index in [9.17, 15) is 9.59 Å². The molecule has 0 saturated carbocycles. The van der Waals surface area contributed by atoms with Crippen LogP contribution in [0.2, 0.25) is 0 Å². The van der Waals surface area contributed by atoms with E-state index in [0.29, 0.717) is 24.2 Å². The van der Waals surface area contributed by atoms with Gasteiger partial charge < -0.3 is 10.1 Å². The topological polar surface area (TPSA) is 55.4 Å². The summed E-state index contributed by atoms with van der Waals surface area (Å²) in [6.45, 7) is 0.596. The van der Waals surface area contributed by atoms with E-state index in [0.717, 1.165) is 12.8 Å². The van der Waals surface area contributed by atoms with E-state index in [1.807, 2.05) is 6.08 Å². The Kier molecular flexibility index (Phi) is 3.91. The Morgan fingerprint density at radius 1 is 1.64 bits per heavy atom. The lowest BCUT2D eigenvalue weighted by atomic mass is 10.1. The summed E-state index contributed by atoms with van der Waals surface area (Å²) in [5.41, 5.74) is 0.294. The first kappa shape index (κ1) is 10.5. The summed E-state index contributed by atoms with van der Waals surface area (Å²) >= 11 is 0. The van der Waals surface area contributed by atoms with E-state index in [4.69, 9.17) is 4.74 Å². The van der Waals surface area contributed by atoms with Crippen molar-refractivity contribution < 1.29 is 14.3 Å². The number of carbonyl (C=O) groups excluding carboxylic acids is 2. The molecule has 0 spiro atoms. The van der Waals surface area contributed by atoms with Gasteiger partial charge in [0.1, 0.15) is 12.0 Å². The minimum absolute atomic E-state index is 0.294. The van der Waals surface area contributed by atoms with E-state index in [1.165, 1.54) is 13.1 Å². The molecule has 1 rings (SSSR count). The fourth-order valence-corrected chi connectivity index (χ4v) is 1.22. The van der Waals surface area contributed by atoms with Gasteiger partial charge in [-0.05, 0) is 25.0 Å². The highest BCUT2D eigenvalue weighted by atomic mass is 16.5. The average Bonchev–Trinajstić information content (AvgIpc) is 2.26. The minimum atomic E-state index is -0.301. The van der Waals surface area contributed by atoms with Gasteiger partial charge in [0.2, 0.25) is 0 Å². The first-order valence-electron chi connectivity index (χ1n) is 4.50. The molecule has 4 heteroatoms. The number of aldehydes is 1. The van der Waals surface area contributed by atoms with Crippen LogP contribution in [0, 0.1) is 0 Å². The maximum Gasteiger partial charge on any atom is 0.254 e. The van der Waals surface area contributed by atoms with Gasteiger partial charge in [0.05, 0.1) is 12.2 Å². The molecule has 0 aromatic carbocycles. The van der Waals surface area contributed by atoms with Crippen LogP contribution in [0.4, 0.5) is 0 Å². The molecular formula is C10H13NO3. The molecule has 0 unspecified atom stereocenters. The van der Waals surface area contributed by atoms with Gasteiger partial charge in [0.15, 0.2) is 0 Å². The van der Waals surface area contributed by atoms with Gasteiger partial charge in [0.25, 0.3) is 5.91 Å². The van der Waals surface area contributed by atoms with Crippen molar-refractivity contribution in [1.82, 2.24) is 5.32 Å². The van der Waals surface area contributed by atoms with Gasteiger partial charge in [-0.2, -0.15) is 0 Å². The van der Waals surface area contributed by atoms with E-state index in [-0.39, 0.29) is 5.91 Å². The molecule has 4 nitrogen and oxygen atoms in total. The Hall–Kier alpha value is -1.58. The molecule has 0 aliphatic carbocycles. The maximum absolute atomic E-state index is 11.3. The molecule has 1 heterocycles. The second-order valence-corrected chi connectivity index (χ2v) is 2.85. The minimum Gasteiger partial charge on any atom is -0.493 e. The molecule has 0 aromatic heterocycles. The lowest BCUT2D eigenvalue weighted by molar-refractivity contribution is -0.117. The molecule has 0 radical (unpaired) electrons. The summed E-state index contributed by atoms with van der Waals surface area (Å²) in [6.07, 6.45) is 5.46. The highest BCUT2D eigenvalue weighted by molar-refractivity contribution is 6.00. The number of hydrogen-bond acceptors (Lipinski definition) is 3. The normalized spacial score (nSPS) is 16.6. The van der Waals surface area contributed by atoms with Crippen LogP contribution in [0.15, 0.2) is 23.5 Å². The lowest BCUT2D eigenvalue weighted by Crippen LogP contribution is -2.23. The zero-order chi connectivity index (χ0) is 10.4. The van der Waals surface area contributed by atoms with Crippen LogP contribution in [0.3, 0.4) is 0 Å². The van der Waals surface area contributed by atoms with Crippen LogP contribution in [-0.2, 0) is 14.3 Å². The van der Waals surface area contributed by atoms with Crippen molar-refractivity contribution in [3.05, 3.63) is 23.5 Å². The molecule has 1 aliphatic heterocycles. The van der Waals surface area contributed by atoms with Crippen molar-refractivity contribution in [2.45, 2.75) is 12.8 Å². The van der Waals surface area contributed by atoms with Crippen molar-refractivity contribution in [3.8, 4) is 0 Å². The van der Waals surface area contributed by atoms with Crippen LogP contribution in [0.1, 0.15) is 12.8 Å². The van der Waals surface area contributed by atoms with E-state index >= 15 is 0 Å². The summed E-state index contributed by atoms with van der Waals surface area (Å²) in [4.78, 5) is 21.7. The van der Waals surface area contributed by atoms with E-state index < -0.39 is 0 Å². The van der Waals surface area contributed by atoms with Crippen molar-refractivity contribution in [2.75, 3.05) is 13.7 Å². The number of likely N-dealkylation sites (N-methyl/N-ethyl adjacent to an activating group) is 1. The second kappa shape index (κ2) is 5.21. The third kappa shape index (κ3) is 2.45. The third-order valence-corrected chi connectivity index (χ3v) is 1.91. The SMILES string of the molecule is CNC(=O)/C(=C\C=O)C1=CCCCO1. The van der Waals surface area contributed by atoms with Gasteiger partial charge in [-0.3, -0.25) is 9.59 Å². The Morgan fingerprint density at radius 2 is 2.43 bits per heavy atom. The standard InChI is InChI=1S/C10H13NO3/c1-11-10(13)8(5-6-12)9-4-2-3-7-14-9/h4-6H,2-3,7H2,1H3,(H,11,13)/b8-5-. The molecule has 1 amide bonds. The Labute approximate surface area is 82.6 Å². The van der Waals surface area contributed by atoms with Gasteiger partial charge in [-0.1, -0.05) is 0 Å². The zero-order valence-electron chi connectivity index (χ0n) is 8.08. The van der Waals surface area contributed by atoms with Crippen LogP contribution in [0.25, 0.3) is 0 Å². The predicted octanol–water partition coefficient (Wildman–Crippen LogP) is 0.552. The summed E-state index contributed by atoms with van der Waals surface area (Å²) in [5, 5.41) is 2.46. The smallest absolute Gasteiger partial charge is 0.254 e. The number of ether oxygens (including phenoxy) is 1. The molecule has 14 heavy (non-hydrogen) atoms. The molecule has 0 saturated heterocycles. The van der Waals surface area contributed by atoms with Gasteiger partial charge in [0, 0.05) is 7.05 Å². The van der Waals surface area contributed by atoms with Crippen LogP contribution >= 0.6 is 0 Å². The second-order valence-electron chi connectivity index (χ2n) is 2.85. The van der Waals surface area contributed by atoms with E-state index in [1.54, 1.807) is 0 Å². The fraction of sp³-hybridized carbons (Fsp3) is 0.400. The third-order valence-electron chi connectivity index (χ3n) is 1.91. The number of nitrogens with one attached hydrogen (secondary N) is 1. The van der Waals surface area contributed by atoms with Crippen LogP contribution < -0.4 is 5.32 Å².